The summed E-state index contributed by atoms with van der Waals surface area (Å²) in [7, 11) is -1.90. The molecule has 0 spiro atoms. The van der Waals surface area contributed by atoms with Gasteiger partial charge in [0.15, 0.2) is 5.96 Å². The van der Waals surface area contributed by atoms with Crippen LogP contribution >= 0.6 is 0 Å². The number of guanidine groups is 1. The van der Waals surface area contributed by atoms with E-state index in [1.807, 2.05) is 6.07 Å². The molecule has 6 nitrogen and oxygen atoms in total. The van der Waals surface area contributed by atoms with E-state index in [1.54, 1.807) is 19.2 Å². The van der Waals surface area contributed by atoms with Gasteiger partial charge in [0, 0.05) is 26.7 Å². The number of hydrogen-bond donors (Lipinski definition) is 2. The quantitative estimate of drug-likeness (QED) is 0.624. The van der Waals surface area contributed by atoms with E-state index in [-0.39, 0.29) is 4.90 Å². The predicted octanol–water partition coefficient (Wildman–Crippen LogP) is 1.78. The summed E-state index contributed by atoms with van der Waals surface area (Å²) >= 11 is 0. The van der Waals surface area contributed by atoms with Crippen LogP contribution in [0.15, 0.2) is 34.2 Å². The van der Waals surface area contributed by atoms with Crippen molar-refractivity contribution in [3.63, 3.8) is 0 Å². The first kappa shape index (κ1) is 18.7. The van der Waals surface area contributed by atoms with Crippen LogP contribution in [0.4, 0.5) is 0 Å². The maximum Gasteiger partial charge on any atom is 0.238 e. The van der Waals surface area contributed by atoms with E-state index < -0.39 is 10.0 Å². The molecule has 7 heteroatoms. The monoisotopic (exact) mass is 352 g/mol. The summed E-state index contributed by atoms with van der Waals surface area (Å²) in [6.45, 7) is 7.06. The van der Waals surface area contributed by atoms with Gasteiger partial charge in [-0.25, -0.2) is 13.6 Å². The Morgan fingerprint density at radius 1 is 1.46 bits per heavy atom. The van der Waals surface area contributed by atoms with Gasteiger partial charge in [-0.15, -0.1) is 0 Å². The zero-order valence-electron chi connectivity index (χ0n) is 14.7. The number of nitrogens with two attached hydrogens (primary N) is 1. The number of hydrogen-bond acceptors (Lipinski definition) is 3. The molecule has 1 heterocycles. The SMILES string of the molecule is CN=C(NCc1cccc(S(N)(=O)=O)c1)N1CCC(CC(C)C)C1. The second kappa shape index (κ2) is 7.98. The Morgan fingerprint density at radius 3 is 2.83 bits per heavy atom. The van der Waals surface area contributed by atoms with Gasteiger partial charge in [0.05, 0.1) is 4.90 Å². The first-order valence-electron chi connectivity index (χ1n) is 8.37. The van der Waals surface area contributed by atoms with Crippen molar-refractivity contribution in [3.05, 3.63) is 29.8 Å². The molecule has 1 aliphatic rings. The lowest BCUT2D eigenvalue weighted by atomic mass is 9.97. The van der Waals surface area contributed by atoms with E-state index in [2.05, 4.69) is 29.1 Å². The van der Waals surface area contributed by atoms with Crippen LogP contribution < -0.4 is 10.5 Å². The van der Waals surface area contributed by atoms with Crippen LogP contribution in [-0.4, -0.2) is 39.4 Å². The topological polar surface area (TPSA) is 87.8 Å². The van der Waals surface area contributed by atoms with Gasteiger partial charge in [0.25, 0.3) is 0 Å². The number of primary sulfonamides is 1. The molecule has 0 bridgehead atoms. The van der Waals surface area contributed by atoms with Gasteiger partial charge < -0.3 is 10.2 Å². The molecule has 1 aliphatic heterocycles. The van der Waals surface area contributed by atoms with E-state index in [0.29, 0.717) is 18.4 Å². The third-order valence-corrected chi connectivity index (χ3v) is 5.19. The highest BCUT2D eigenvalue weighted by atomic mass is 32.2. The molecule has 0 amide bonds. The average molecular weight is 353 g/mol. The third-order valence-electron chi connectivity index (χ3n) is 4.28. The fourth-order valence-corrected chi connectivity index (χ4v) is 3.81. The average Bonchev–Trinajstić information content (AvgIpc) is 2.95. The standard InChI is InChI=1S/C17H28N4O2S/c1-13(2)9-15-7-8-21(12-15)17(19-3)20-11-14-5-4-6-16(10-14)24(18,22)23/h4-6,10,13,15H,7-9,11-12H2,1-3H3,(H,19,20)(H2,18,22,23). The van der Waals surface area contributed by atoms with Gasteiger partial charge in [0.1, 0.15) is 0 Å². The number of sulfonamides is 1. The van der Waals surface area contributed by atoms with Crippen molar-refractivity contribution in [1.29, 1.82) is 0 Å². The van der Waals surface area contributed by atoms with E-state index in [9.17, 15) is 8.42 Å². The minimum Gasteiger partial charge on any atom is -0.352 e. The Bertz CT molecular complexity index is 686. The maximum absolute atomic E-state index is 11.4. The number of nitrogens with zero attached hydrogens (tertiary/aromatic N) is 2. The van der Waals surface area contributed by atoms with Crippen molar-refractivity contribution < 1.29 is 8.42 Å². The summed E-state index contributed by atoms with van der Waals surface area (Å²) in [6.07, 6.45) is 2.43. The fourth-order valence-electron chi connectivity index (χ4n) is 3.23. The van der Waals surface area contributed by atoms with E-state index in [1.165, 1.54) is 18.9 Å². The highest BCUT2D eigenvalue weighted by Gasteiger charge is 2.25. The molecule has 0 aromatic heterocycles. The predicted molar refractivity (Wildman–Crippen MR) is 97.1 cm³/mol. The van der Waals surface area contributed by atoms with Crippen LogP contribution in [-0.2, 0) is 16.6 Å². The van der Waals surface area contributed by atoms with Gasteiger partial charge >= 0.3 is 0 Å². The van der Waals surface area contributed by atoms with E-state index in [4.69, 9.17) is 5.14 Å². The van der Waals surface area contributed by atoms with Crippen LogP contribution in [0, 0.1) is 11.8 Å². The largest absolute Gasteiger partial charge is 0.352 e. The molecule has 134 valence electrons. The van der Waals surface area contributed by atoms with Gasteiger partial charge in [-0.3, -0.25) is 4.99 Å². The Labute approximate surface area is 145 Å². The van der Waals surface area contributed by atoms with E-state index >= 15 is 0 Å². The third kappa shape index (κ3) is 5.21. The van der Waals surface area contributed by atoms with Crippen molar-refractivity contribution in [2.24, 2.45) is 22.0 Å². The van der Waals surface area contributed by atoms with Crippen molar-refractivity contribution in [2.75, 3.05) is 20.1 Å². The van der Waals surface area contributed by atoms with Crippen LogP contribution in [0.1, 0.15) is 32.3 Å². The Hall–Kier alpha value is -1.60. The Morgan fingerprint density at radius 2 is 2.21 bits per heavy atom. The fraction of sp³-hybridized carbons (Fsp3) is 0.588. The molecule has 0 saturated carbocycles. The molecule has 0 aliphatic carbocycles. The number of rotatable bonds is 5. The summed E-state index contributed by atoms with van der Waals surface area (Å²) in [5, 5.41) is 8.50. The first-order chi connectivity index (χ1) is 11.3. The van der Waals surface area contributed by atoms with Crippen molar-refractivity contribution in [2.45, 2.75) is 38.1 Å². The second-order valence-corrected chi connectivity index (χ2v) is 8.38. The normalized spacial score (nSPS) is 19.1. The zero-order chi connectivity index (χ0) is 17.7. The van der Waals surface area contributed by atoms with Gasteiger partial charge in [-0.05, 0) is 42.4 Å². The number of benzene rings is 1. The van der Waals surface area contributed by atoms with Crippen LogP contribution in [0.25, 0.3) is 0 Å². The molecular weight excluding hydrogens is 324 g/mol. The highest BCUT2D eigenvalue weighted by molar-refractivity contribution is 7.89. The minimum absolute atomic E-state index is 0.134. The molecule has 1 aromatic rings. The molecule has 1 saturated heterocycles. The van der Waals surface area contributed by atoms with Crippen LogP contribution in [0.3, 0.4) is 0 Å². The first-order valence-corrected chi connectivity index (χ1v) is 9.91. The molecular formula is C17H28N4O2S. The number of aliphatic imine (C=N–C) groups is 1. The Kier molecular flexibility index (Phi) is 6.23. The number of nitrogens with one attached hydrogen (secondary N) is 1. The van der Waals surface area contributed by atoms with E-state index in [0.717, 1.165) is 24.6 Å². The van der Waals surface area contributed by atoms with Gasteiger partial charge in [-0.1, -0.05) is 26.0 Å². The molecule has 1 unspecified atom stereocenters. The molecule has 0 radical (unpaired) electrons. The lowest BCUT2D eigenvalue weighted by Crippen LogP contribution is -2.39. The summed E-state index contributed by atoms with van der Waals surface area (Å²) < 4.78 is 22.9. The maximum atomic E-state index is 11.4. The van der Waals surface area contributed by atoms with Crippen molar-refractivity contribution >= 4 is 16.0 Å². The van der Waals surface area contributed by atoms with Crippen molar-refractivity contribution in [1.82, 2.24) is 10.2 Å². The summed E-state index contributed by atoms with van der Waals surface area (Å²) in [4.78, 5) is 6.77. The highest BCUT2D eigenvalue weighted by Crippen LogP contribution is 2.23. The van der Waals surface area contributed by atoms with Crippen molar-refractivity contribution in [3.8, 4) is 0 Å². The lowest BCUT2D eigenvalue weighted by Gasteiger charge is -2.22. The van der Waals surface area contributed by atoms with Gasteiger partial charge in [0.2, 0.25) is 10.0 Å². The van der Waals surface area contributed by atoms with Crippen LogP contribution in [0.5, 0.6) is 0 Å². The summed E-state index contributed by atoms with van der Waals surface area (Å²) in [5.74, 6) is 2.29. The second-order valence-electron chi connectivity index (χ2n) is 6.82. The molecule has 1 fully saturated rings. The summed E-state index contributed by atoms with van der Waals surface area (Å²) in [6, 6.07) is 6.68. The molecule has 24 heavy (non-hydrogen) atoms. The smallest absolute Gasteiger partial charge is 0.238 e. The molecule has 1 atom stereocenters. The molecule has 2 rings (SSSR count). The van der Waals surface area contributed by atoms with Gasteiger partial charge in [-0.2, -0.15) is 0 Å². The molecule has 3 N–H and O–H groups in total. The Balaban J connectivity index is 1.95. The number of likely N-dealkylation sites (tertiary alicyclic amines) is 1. The zero-order valence-corrected chi connectivity index (χ0v) is 15.5. The summed E-state index contributed by atoms with van der Waals surface area (Å²) in [5.41, 5.74) is 0.862. The van der Waals surface area contributed by atoms with Crippen LogP contribution in [0.2, 0.25) is 0 Å². The minimum atomic E-state index is -3.67. The lowest BCUT2D eigenvalue weighted by molar-refractivity contribution is 0.403. The molecule has 1 aromatic carbocycles.